The van der Waals surface area contributed by atoms with Gasteiger partial charge in [0, 0.05) is 12.2 Å². The second-order valence-corrected chi connectivity index (χ2v) is 6.34. The summed E-state index contributed by atoms with van der Waals surface area (Å²) >= 11 is 0. The minimum absolute atomic E-state index is 0.0738. The molecule has 1 unspecified atom stereocenters. The molecule has 0 heterocycles. The smallest absolute Gasteiger partial charge is 0.192 e. The summed E-state index contributed by atoms with van der Waals surface area (Å²) < 4.78 is 5.65. The maximum atomic E-state index is 12.5. The molecule has 2 nitrogen and oxygen atoms in total. The Hall–Kier alpha value is -1.15. The van der Waals surface area contributed by atoms with Crippen molar-refractivity contribution < 1.29 is 9.53 Å². The summed E-state index contributed by atoms with van der Waals surface area (Å²) in [5.74, 6) is 0.555. The Morgan fingerprint density at radius 1 is 1.16 bits per heavy atom. The van der Waals surface area contributed by atoms with Crippen LogP contribution in [0.5, 0.6) is 0 Å². The molecule has 0 bridgehead atoms. The third-order valence-corrected chi connectivity index (χ3v) is 3.22. The van der Waals surface area contributed by atoms with Crippen LogP contribution in [0, 0.1) is 5.41 Å². The average molecular weight is 262 g/mol. The van der Waals surface area contributed by atoms with Crippen molar-refractivity contribution >= 4 is 5.78 Å². The molecular formula is C17H26O2. The van der Waals surface area contributed by atoms with E-state index in [1.54, 1.807) is 0 Å². The molecule has 0 spiro atoms. The lowest BCUT2D eigenvalue weighted by Crippen LogP contribution is -2.37. The maximum absolute atomic E-state index is 12.5. The van der Waals surface area contributed by atoms with Gasteiger partial charge >= 0.3 is 0 Å². The van der Waals surface area contributed by atoms with E-state index in [-0.39, 0.29) is 17.3 Å². The second kappa shape index (κ2) is 6.33. The first-order valence-electron chi connectivity index (χ1n) is 7.03. The predicted molar refractivity (Wildman–Crippen MR) is 79.7 cm³/mol. The summed E-state index contributed by atoms with van der Waals surface area (Å²) in [4.78, 5) is 12.5. The summed E-state index contributed by atoms with van der Waals surface area (Å²) in [6, 6.07) is 7.89. The lowest BCUT2D eigenvalue weighted by molar-refractivity contribution is -0.000220. The molecule has 0 aliphatic rings. The largest absolute Gasteiger partial charge is 0.370 e. The number of Topliss-reactive ketones (excluding diaryl/α,β-unsaturated/α-hetero) is 1. The third-order valence-electron chi connectivity index (χ3n) is 3.22. The molecule has 0 fully saturated rings. The molecule has 0 saturated carbocycles. The van der Waals surface area contributed by atoms with Crippen molar-refractivity contribution in [1.82, 2.24) is 0 Å². The van der Waals surface area contributed by atoms with Gasteiger partial charge in [0.2, 0.25) is 0 Å². The molecule has 1 aromatic rings. The van der Waals surface area contributed by atoms with E-state index >= 15 is 0 Å². The number of rotatable bonds is 5. The first-order valence-corrected chi connectivity index (χ1v) is 7.03. The Morgan fingerprint density at radius 2 is 1.68 bits per heavy atom. The summed E-state index contributed by atoms with van der Waals surface area (Å²) in [7, 11) is 0. The highest BCUT2D eigenvalue weighted by molar-refractivity contribution is 6.00. The molecule has 1 atom stereocenters. The van der Waals surface area contributed by atoms with Crippen molar-refractivity contribution in [3.05, 3.63) is 35.4 Å². The number of benzene rings is 1. The van der Waals surface area contributed by atoms with Gasteiger partial charge in [-0.2, -0.15) is 0 Å². The van der Waals surface area contributed by atoms with Gasteiger partial charge in [-0.15, -0.1) is 0 Å². The van der Waals surface area contributed by atoms with Crippen LogP contribution in [0.15, 0.2) is 24.3 Å². The molecule has 0 N–H and O–H groups in total. The Balaban J connectivity index is 2.97. The van der Waals surface area contributed by atoms with Gasteiger partial charge in [-0.3, -0.25) is 4.79 Å². The van der Waals surface area contributed by atoms with E-state index in [4.69, 9.17) is 4.74 Å². The van der Waals surface area contributed by atoms with E-state index in [9.17, 15) is 4.79 Å². The van der Waals surface area contributed by atoms with Gasteiger partial charge in [-0.25, -0.2) is 0 Å². The fourth-order valence-electron chi connectivity index (χ4n) is 2.07. The summed E-state index contributed by atoms with van der Waals surface area (Å²) in [6.45, 7) is 12.9. The Bertz CT molecular complexity index is 410. The first-order chi connectivity index (χ1) is 8.77. The van der Waals surface area contributed by atoms with E-state index in [1.807, 2.05) is 52.0 Å². The van der Waals surface area contributed by atoms with Crippen molar-refractivity contribution in [3.63, 3.8) is 0 Å². The average Bonchev–Trinajstić information content (AvgIpc) is 2.34. The fraction of sp³-hybridized carbons (Fsp3) is 0.588. The van der Waals surface area contributed by atoms with Gasteiger partial charge in [-0.05, 0) is 23.8 Å². The van der Waals surface area contributed by atoms with Gasteiger partial charge < -0.3 is 4.74 Å². The third kappa shape index (κ3) is 4.17. The zero-order valence-electron chi connectivity index (χ0n) is 13.0. The first kappa shape index (κ1) is 15.9. The van der Waals surface area contributed by atoms with Crippen molar-refractivity contribution in [1.29, 1.82) is 0 Å². The van der Waals surface area contributed by atoms with E-state index < -0.39 is 0 Å². The molecule has 1 rings (SSSR count). The molecule has 2 heteroatoms. The van der Waals surface area contributed by atoms with Crippen LogP contribution in [0.4, 0.5) is 0 Å². The standard InChI is InChI=1S/C17H26O2/c1-7-19-16(17(4,5)6)15(18)14-10-8-13(9-11-14)12(2)3/h8-12,16H,7H2,1-6H3. The summed E-state index contributed by atoms with van der Waals surface area (Å²) in [6.07, 6.45) is -0.387. The molecule has 0 radical (unpaired) electrons. The van der Waals surface area contributed by atoms with E-state index in [0.717, 1.165) is 5.56 Å². The molecule has 0 saturated heterocycles. The summed E-state index contributed by atoms with van der Waals surface area (Å²) in [5.41, 5.74) is 1.79. The number of hydrogen-bond acceptors (Lipinski definition) is 2. The molecule has 0 amide bonds. The molecule has 19 heavy (non-hydrogen) atoms. The van der Waals surface area contributed by atoms with Crippen LogP contribution in [0.2, 0.25) is 0 Å². The number of ketones is 1. The van der Waals surface area contributed by atoms with Gasteiger partial charge in [0.25, 0.3) is 0 Å². The highest BCUT2D eigenvalue weighted by Crippen LogP contribution is 2.26. The highest BCUT2D eigenvalue weighted by atomic mass is 16.5. The van der Waals surface area contributed by atoms with E-state index in [1.165, 1.54) is 5.56 Å². The lowest BCUT2D eigenvalue weighted by atomic mass is 9.84. The Kier molecular flexibility index (Phi) is 5.30. The topological polar surface area (TPSA) is 26.3 Å². The van der Waals surface area contributed by atoms with Crippen molar-refractivity contribution in [2.45, 2.75) is 53.6 Å². The molecule has 1 aromatic carbocycles. The van der Waals surface area contributed by atoms with Gasteiger partial charge in [0.15, 0.2) is 5.78 Å². The fourth-order valence-corrected chi connectivity index (χ4v) is 2.07. The molecule has 0 aromatic heterocycles. The minimum Gasteiger partial charge on any atom is -0.370 e. The van der Waals surface area contributed by atoms with Crippen molar-refractivity contribution in [2.24, 2.45) is 5.41 Å². The zero-order valence-corrected chi connectivity index (χ0v) is 13.0. The normalized spacial score (nSPS) is 13.6. The van der Waals surface area contributed by atoms with Gasteiger partial charge in [0.05, 0.1) is 0 Å². The SMILES string of the molecule is CCOC(C(=O)c1ccc(C(C)C)cc1)C(C)(C)C. The molecular weight excluding hydrogens is 236 g/mol. The van der Waals surface area contributed by atoms with Gasteiger partial charge in [0.1, 0.15) is 6.10 Å². The van der Waals surface area contributed by atoms with Crippen LogP contribution in [-0.4, -0.2) is 18.5 Å². The van der Waals surface area contributed by atoms with Crippen molar-refractivity contribution in [2.75, 3.05) is 6.61 Å². The lowest BCUT2D eigenvalue weighted by Gasteiger charge is -2.29. The van der Waals surface area contributed by atoms with Crippen LogP contribution in [0.1, 0.15) is 63.4 Å². The number of carbonyl (C=O) groups excluding carboxylic acids is 1. The van der Waals surface area contributed by atoms with Crippen molar-refractivity contribution in [3.8, 4) is 0 Å². The highest BCUT2D eigenvalue weighted by Gasteiger charge is 2.32. The van der Waals surface area contributed by atoms with Crippen LogP contribution in [0.25, 0.3) is 0 Å². The van der Waals surface area contributed by atoms with Crippen LogP contribution >= 0.6 is 0 Å². The maximum Gasteiger partial charge on any atom is 0.192 e. The van der Waals surface area contributed by atoms with Crippen LogP contribution in [-0.2, 0) is 4.74 Å². The number of carbonyl (C=O) groups is 1. The Labute approximate surface area is 117 Å². The van der Waals surface area contributed by atoms with E-state index in [0.29, 0.717) is 12.5 Å². The predicted octanol–water partition coefficient (Wildman–Crippen LogP) is 4.44. The molecule has 0 aliphatic carbocycles. The minimum atomic E-state index is -0.387. The van der Waals surface area contributed by atoms with E-state index in [2.05, 4.69) is 13.8 Å². The molecule has 106 valence electrons. The summed E-state index contributed by atoms with van der Waals surface area (Å²) in [5, 5.41) is 0. The second-order valence-electron chi connectivity index (χ2n) is 6.34. The Morgan fingerprint density at radius 3 is 2.05 bits per heavy atom. The number of ether oxygens (including phenoxy) is 1. The quantitative estimate of drug-likeness (QED) is 0.733. The number of hydrogen-bond donors (Lipinski definition) is 0. The molecule has 0 aliphatic heterocycles. The zero-order chi connectivity index (χ0) is 14.6. The van der Waals surface area contributed by atoms with Gasteiger partial charge in [-0.1, -0.05) is 58.9 Å². The monoisotopic (exact) mass is 262 g/mol. The van der Waals surface area contributed by atoms with Crippen LogP contribution < -0.4 is 0 Å². The van der Waals surface area contributed by atoms with Crippen LogP contribution in [0.3, 0.4) is 0 Å².